The van der Waals surface area contributed by atoms with Gasteiger partial charge in [0, 0.05) is 17.4 Å². The highest BCUT2D eigenvalue weighted by molar-refractivity contribution is 5.65. The summed E-state index contributed by atoms with van der Waals surface area (Å²) in [7, 11) is 0. The fraction of sp³-hybridized carbons (Fsp3) is 0.556. The zero-order valence-electron chi connectivity index (χ0n) is 19.0. The Morgan fingerprint density at radius 3 is 2.06 bits per heavy atom. The molecule has 0 aromatic heterocycles. The molecule has 0 amide bonds. The lowest BCUT2D eigenvalue weighted by Crippen LogP contribution is -2.38. The highest BCUT2D eigenvalue weighted by atomic mass is 19.1. The van der Waals surface area contributed by atoms with Crippen LogP contribution in [-0.2, 0) is 14.2 Å². The molecule has 2 aliphatic heterocycles. The Morgan fingerprint density at radius 1 is 0.818 bits per heavy atom. The summed E-state index contributed by atoms with van der Waals surface area (Å²) in [6.45, 7) is 4.05. The van der Waals surface area contributed by atoms with Crippen LogP contribution in [0.15, 0.2) is 30.3 Å². The minimum atomic E-state index is -0.692. The van der Waals surface area contributed by atoms with Gasteiger partial charge >= 0.3 is 0 Å². The maximum atomic E-state index is 15.0. The number of ether oxygens (including phenoxy) is 3. The summed E-state index contributed by atoms with van der Waals surface area (Å²) in [6, 6.07) is 7.44. The molecule has 33 heavy (non-hydrogen) atoms. The third kappa shape index (κ3) is 4.98. The first kappa shape index (κ1) is 22.9. The topological polar surface area (TPSA) is 31.0 Å². The lowest BCUT2D eigenvalue weighted by Gasteiger charge is -2.37. The van der Waals surface area contributed by atoms with E-state index in [1.54, 1.807) is 6.07 Å². The third-order valence-corrected chi connectivity index (χ3v) is 7.36. The fourth-order valence-electron chi connectivity index (χ4n) is 5.41. The second-order valence-electron chi connectivity index (χ2n) is 9.72. The molecule has 1 unspecified atom stereocenters. The molecule has 3 aliphatic rings. The third-order valence-electron chi connectivity index (χ3n) is 7.36. The summed E-state index contributed by atoms with van der Waals surface area (Å²) in [4.78, 5) is 0. The number of rotatable bonds is 6. The Balaban J connectivity index is 1.22. The number of hydrogen-bond acceptors (Lipinski definition) is 3. The van der Waals surface area contributed by atoms with Gasteiger partial charge in [0.05, 0.1) is 25.4 Å². The van der Waals surface area contributed by atoms with Crippen molar-refractivity contribution in [3.8, 4) is 11.1 Å². The van der Waals surface area contributed by atoms with E-state index < -0.39 is 23.6 Å². The molecule has 2 aromatic carbocycles. The van der Waals surface area contributed by atoms with E-state index in [1.807, 2.05) is 6.07 Å². The van der Waals surface area contributed by atoms with Crippen molar-refractivity contribution in [3.63, 3.8) is 0 Å². The molecule has 5 rings (SSSR count). The van der Waals surface area contributed by atoms with Gasteiger partial charge in [-0.1, -0.05) is 25.5 Å². The highest BCUT2D eigenvalue weighted by Crippen LogP contribution is 2.41. The Morgan fingerprint density at radius 2 is 1.48 bits per heavy atom. The maximum Gasteiger partial charge on any atom is 0.160 e. The first-order valence-electron chi connectivity index (χ1n) is 12.2. The van der Waals surface area contributed by atoms with E-state index in [9.17, 15) is 13.2 Å². The molecule has 0 radical (unpaired) electrons. The SMILES string of the molecule is CCCC1COC(C2CCC(c3ccc(-c4cc(F)c(C5CO5)c(F)c4)c(F)c3)CC2)OC1. The molecule has 178 valence electrons. The van der Waals surface area contributed by atoms with Crippen LogP contribution < -0.4 is 0 Å². The molecule has 6 heteroatoms. The quantitative estimate of drug-likeness (QED) is 0.439. The van der Waals surface area contributed by atoms with E-state index in [2.05, 4.69) is 6.92 Å². The summed E-state index contributed by atoms with van der Waals surface area (Å²) >= 11 is 0. The van der Waals surface area contributed by atoms with Crippen molar-refractivity contribution in [2.24, 2.45) is 11.8 Å². The van der Waals surface area contributed by atoms with Gasteiger partial charge in [0.2, 0.25) is 0 Å². The van der Waals surface area contributed by atoms with Crippen molar-refractivity contribution in [1.82, 2.24) is 0 Å². The van der Waals surface area contributed by atoms with Crippen LogP contribution in [0.3, 0.4) is 0 Å². The molecule has 0 spiro atoms. The van der Waals surface area contributed by atoms with Crippen LogP contribution in [0.25, 0.3) is 11.1 Å². The van der Waals surface area contributed by atoms with E-state index in [1.165, 1.54) is 18.2 Å². The lowest BCUT2D eigenvalue weighted by molar-refractivity contribution is -0.229. The fourth-order valence-corrected chi connectivity index (χ4v) is 5.41. The minimum absolute atomic E-state index is 0.0700. The van der Waals surface area contributed by atoms with Crippen molar-refractivity contribution in [1.29, 1.82) is 0 Å². The standard InChI is InChI=1S/C27H31F3O3/c1-2-3-16-13-32-27(33-14-16)18-6-4-17(5-7-18)19-8-9-21(22(28)10-19)20-11-23(29)26(24(30)12-20)25-15-31-25/h8-12,16-18,25,27H,2-7,13-15H2,1H3. The van der Waals surface area contributed by atoms with Crippen LogP contribution in [0, 0.1) is 29.3 Å². The summed E-state index contributed by atoms with van der Waals surface area (Å²) in [6.07, 6.45) is 5.51. The van der Waals surface area contributed by atoms with Crippen LogP contribution in [0.4, 0.5) is 13.2 Å². The molecule has 2 heterocycles. The van der Waals surface area contributed by atoms with Gasteiger partial charge in [-0.2, -0.15) is 0 Å². The van der Waals surface area contributed by atoms with Crippen molar-refractivity contribution in [2.75, 3.05) is 19.8 Å². The average Bonchev–Trinajstić information content (AvgIpc) is 3.64. The van der Waals surface area contributed by atoms with Gasteiger partial charge in [0.1, 0.15) is 23.6 Å². The molecule has 0 N–H and O–H groups in total. The summed E-state index contributed by atoms with van der Waals surface area (Å²) in [5.74, 6) is -0.684. The zero-order chi connectivity index (χ0) is 22.9. The lowest BCUT2D eigenvalue weighted by atomic mass is 9.78. The van der Waals surface area contributed by atoms with Crippen molar-refractivity contribution >= 4 is 0 Å². The predicted octanol–water partition coefficient (Wildman–Crippen LogP) is 6.91. The second kappa shape index (κ2) is 9.77. The van der Waals surface area contributed by atoms with Crippen molar-refractivity contribution in [3.05, 3.63) is 58.9 Å². The van der Waals surface area contributed by atoms with Gasteiger partial charge in [-0.15, -0.1) is 0 Å². The zero-order valence-corrected chi connectivity index (χ0v) is 19.0. The van der Waals surface area contributed by atoms with Gasteiger partial charge in [-0.05, 0) is 67.3 Å². The molecule has 3 fully saturated rings. The predicted molar refractivity (Wildman–Crippen MR) is 119 cm³/mol. The van der Waals surface area contributed by atoms with Crippen molar-refractivity contribution < 1.29 is 27.4 Å². The average molecular weight is 461 g/mol. The first-order chi connectivity index (χ1) is 16.0. The Bertz CT molecular complexity index is 952. The smallest absolute Gasteiger partial charge is 0.160 e. The van der Waals surface area contributed by atoms with Crippen LogP contribution in [0.5, 0.6) is 0 Å². The van der Waals surface area contributed by atoms with Gasteiger partial charge < -0.3 is 14.2 Å². The van der Waals surface area contributed by atoms with E-state index in [4.69, 9.17) is 14.2 Å². The molecule has 3 nitrogen and oxygen atoms in total. The molecule has 2 saturated heterocycles. The van der Waals surface area contributed by atoms with Crippen LogP contribution in [-0.4, -0.2) is 26.1 Å². The van der Waals surface area contributed by atoms with Gasteiger partial charge in [0.25, 0.3) is 0 Å². The minimum Gasteiger partial charge on any atom is -0.368 e. The number of benzene rings is 2. The molecular weight excluding hydrogens is 429 g/mol. The Kier molecular flexibility index (Phi) is 6.77. The summed E-state index contributed by atoms with van der Waals surface area (Å²) in [5.41, 5.74) is 1.28. The Hall–Kier alpha value is -1.89. The Labute approximate surface area is 193 Å². The van der Waals surface area contributed by atoms with Crippen LogP contribution >= 0.6 is 0 Å². The molecule has 1 aliphatic carbocycles. The summed E-state index contributed by atoms with van der Waals surface area (Å²) in [5, 5.41) is 0. The summed E-state index contributed by atoms with van der Waals surface area (Å²) < 4.78 is 60.7. The number of halogens is 3. The number of epoxide rings is 1. The van der Waals surface area contributed by atoms with Crippen LogP contribution in [0.1, 0.15) is 68.6 Å². The van der Waals surface area contributed by atoms with E-state index in [0.717, 1.165) is 57.3 Å². The number of hydrogen-bond donors (Lipinski definition) is 0. The van der Waals surface area contributed by atoms with Crippen molar-refractivity contribution in [2.45, 2.75) is 63.8 Å². The van der Waals surface area contributed by atoms with Gasteiger partial charge in [-0.25, -0.2) is 13.2 Å². The van der Waals surface area contributed by atoms with Gasteiger partial charge in [-0.3, -0.25) is 0 Å². The molecule has 2 aromatic rings. The monoisotopic (exact) mass is 460 g/mol. The molecule has 1 atom stereocenters. The van der Waals surface area contributed by atoms with E-state index >= 15 is 0 Å². The normalized spacial score (nSPS) is 29.8. The molecule has 1 saturated carbocycles. The molecular formula is C27H31F3O3. The highest BCUT2D eigenvalue weighted by Gasteiger charge is 2.34. The van der Waals surface area contributed by atoms with Crippen LogP contribution in [0.2, 0.25) is 0 Å². The maximum absolute atomic E-state index is 15.0. The second-order valence-corrected chi connectivity index (χ2v) is 9.72. The van der Waals surface area contributed by atoms with E-state index in [0.29, 0.717) is 18.4 Å². The van der Waals surface area contributed by atoms with Gasteiger partial charge in [0.15, 0.2) is 6.29 Å². The van der Waals surface area contributed by atoms with E-state index in [-0.39, 0.29) is 28.9 Å². The molecule has 0 bridgehead atoms. The first-order valence-corrected chi connectivity index (χ1v) is 12.2. The largest absolute Gasteiger partial charge is 0.368 e.